The maximum Gasteiger partial charge on any atom is 0.127 e. The Hall–Kier alpha value is -0.680. The van der Waals surface area contributed by atoms with E-state index in [0.717, 1.165) is 19.5 Å². The molecule has 0 spiro atoms. The number of aliphatic hydroxyl groups excluding tert-OH is 1. The van der Waals surface area contributed by atoms with Crippen LogP contribution in [-0.2, 0) is 6.54 Å². The van der Waals surface area contributed by atoms with E-state index >= 15 is 0 Å². The Morgan fingerprint density at radius 1 is 1.47 bits per heavy atom. The number of benzene rings is 1. The van der Waals surface area contributed by atoms with Gasteiger partial charge in [0.25, 0.3) is 0 Å². The summed E-state index contributed by atoms with van der Waals surface area (Å²) in [5.74, 6) is -0.244. The topological polar surface area (TPSA) is 35.5 Å². The van der Waals surface area contributed by atoms with Crippen molar-refractivity contribution in [2.45, 2.75) is 25.4 Å². The van der Waals surface area contributed by atoms with Crippen LogP contribution in [0.15, 0.2) is 18.2 Å². The van der Waals surface area contributed by atoms with Crippen LogP contribution < -0.4 is 5.32 Å². The number of hydrogen-bond donors (Lipinski definition) is 2. The molecular weight excluding hydrogens is 267 g/mol. The first kappa shape index (κ1) is 14.7. The van der Waals surface area contributed by atoms with Crippen LogP contribution in [0.25, 0.3) is 0 Å². The van der Waals surface area contributed by atoms with Gasteiger partial charge >= 0.3 is 0 Å². The molecule has 0 aliphatic carbocycles. The summed E-state index contributed by atoms with van der Waals surface area (Å²) in [5.41, 5.74) is 0.582. The van der Waals surface area contributed by atoms with E-state index in [4.69, 9.17) is 16.7 Å². The van der Waals surface area contributed by atoms with Crippen molar-refractivity contribution in [3.8, 4) is 0 Å². The number of hydrogen-bond acceptors (Lipinski definition) is 3. The number of rotatable bonds is 6. The van der Waals surface area contributed by atoms with E-state index in [1.54, 1.807) is 12.1 Å². The highest BCUT2D eigenvalue weighted by molar-refractivity contribution is 6.30. The first-order chi connectivity index (χ1) is 9.19. The molecule has 19 heavy (non-hydrogen) atoms. The summed E-state index contributed by atoms with van der Waals surface area (Å²) >= 11 is 5.90. The molecule has 0 saturated carbocycles. The van der Waals surface area contributed by atoms with Crippen LogP contribution in [0.2, 0.25) is 5.02 Å². The molecule has 1 unspecified atom stereocenters. The van der Waals surface area contributed by atoms with Gasteiger partial charge in [-0.15, -0.1) is 0 Å². The van der Waals surface area contributed by atoms with Crippen LogP contribution >= 0.6 is 11.6 Å². The molecule has 3 nitrogen and oxygen atoms in total. The molecule has 0 radical (unpaired) electrons. The lowest BCUT2D eigenvalue weighted by atomic mass is 10.1. The fourth-order valence-corrected chi connectivity index (χ4v) is 2.70. The summed E-state index contributed by atoms with van der Waals surface area (Å²) in [6.45, 7) is 2.97. The summed E-state index contributed by atoms with van der Waals surface area (Å²) in [4.78, 5) is 2.07. The fourth-order valence-electron chi connectivity index (χ4n) is 2.51. The molecule has 2 rings (SSSR count). The third-order valence-electron chi connectivity index (χ3n) is 3.46. The van der Waals surface area contributed by atoms with Gasteiger partial charge in [-0.3, -0.25) is 4.90 Å². The third-order valence-corrected chi connectivity index (χ3v) is 3.69. The van der Waals surface area contributed by atoms with Crippen molar-refractivity contribution in [3.05, 3.63) is 34.6 Å². The highest BCUT2D eigenvalue weighted by Crippen LogP contribution is 2.17. The van der Waals surface area contributed by atoms with Gasteiger partial charge in [0.05, 0.1) is 6.61 Å². The number of nitrogens with one attached hydrogen (secondary N) is 1. The van der Waals surface area contributed by atoms with Gasteiger partial charge < -0.3 is 10.4 Å². The van der Waals surface area contributed by atoms with E-state index in [9.17, 15) is 4.39 Å². The predicted molar refractivity (Wildman–Crippen MR) is 74.8 cm³/mol. The Balaban J connectivity index is 2.00. The molecule has 1 saturated heterocycles. The monoisotopic (exact) mass is 286 g/mol. The van der Waals surface area contributed by atoms with Crippen molar-refractivity contribution < 1.29 is 9.50 Å². The largest absolute Gasteiger partial charge is 0.395 e. The average molecular weight is 287 g/mol. The fraction of sp³-hybridized carbons (Fsp3) is 0.571. The van der Waals surface area contributed by atoms with Crippen LogP contribution in [0.4, 0.5) is 4.39 Å². The van der Waals surface area contributed by atoms with E-state index in [1.165, 1.54) is 12.5 Å². The van der Waals surface area contributed by atoms with Crippen LogP contribution in [0.5, 0.6) is 0 Å². The molecule has 1 atom stereocenters. The van der Waals surface area contributed by atoms with Crippen molar-refractivity contribution in [1.29, 1.82) is 0 Å². The minimum absolute atomic E-state index is 0.0783. The van der Waals surface area contributed by atoms with Gasteiger partial charge in [0.15, 0.2) is 0 Å². The van der Waals surface area contributed by atoms with E-state index in [0.29, 0.717) is 29.7 Å². The molecule has 106 valence electrons. The zero-order valence-corrected chi connectivity index (χ0v) is 11.7. The van der Waals surface area contributed by atoms with Crippen molar-refractivity contribution in [1.82, 2.24) is 10.2 Å². The minimum atomic E-state index is -0.244. The second-order valence-corrected chi connectivity index (χ2v) is 5.42. The SMILES string of the molecule is OCCN(Cc1cc(Cl)ccc1F)CC1CCCN1. The molecule has 1 heterocycles. The van der Waals surface area contributed by atoms with Gasteiger partial charge in [0.2, 0.25) is 0 Å². The predicted octanol–water partition coefficient (Wildman–Crippen LogP) is 2.03. The van der Waals surface area contributed by atoms with Crippen LogP contribution in [0.3, 0.4) is 0 Å². The molecule has 1 aromatic carbocycles. The van der Waals surface area contributed by atoms with Crippen molar-refractivity contribution in [2.75, 3.05) is 26.2 Å². The van der Waals surface area contributed by atoms with Crippen molar-refractivity contribution >= 4 is 11.6 Å². The molecule has 1 aliphatic heterocycles. The number of nitrogens with zero attached hydrogens (tertiary/aromatic N) is 1. The first-order valence-corrected chi connectivity index (χ1v) is 7.07. The molecule has 1 aromatic rings. The minimum Gasteiger partial charge on any atom is -0.395 e. The second kappa shape index (κ2) is 7.20. The maximum atomic E-state index is 13.7. The third kappa shape index (κ3) is 4.42. The van der Waals surface area contributed by atoms with Gasteiger partial charge in [0, 0.05) is 36.3 Å². The van der Waals surface area contributed by atoms with Crippen molar-refractivity contribution in [2.24, 2.45) is 0 Å². The lowest BCUT2D eigenvalue weighted by Gasteiger charge is -2.25. The normalized spacial score (nSPS) is 19.3. The molecule has 1 fully saturated rings. The van der Waals surface area contributed by atoms with Crippen molar-refractivity contribution in [3.63, 3.8) is 0 Å². The van der Waals surface area contributed by atoms with Crippen LogP contribution in [0, 0.1) is 5.82 Å². The van der Waals surface area contributed by atoms with Gasteiger partial charge in [-0.1, -0.05) is 11.6 Å². The van der Waals surface area contributed by atoms with E-state index in [2.05, 4.69) is 10.2 Å². The Morgan fingerprint density at radius 3 is 3.00 bits per heavy atom. The highest BCUT2D eigenvalue weighted by Gasteiger charge is 2.18. The Morgan fingerprint density at radius 2 is 2.32 bits per heavy atom. The standard InChI is InChI=1S/C14H20ClFN2O/c15-12-3-4-14(16)11(8-12)9-18(6-7-19)10-13-2-1-5-17-13/h3-4,8,13,17,19H,1-2,5-7,9-10H2. The summed E-state index contributed by atoms with van der Waals surface area (Å²) < 4.78 is 13.7. The number of halogens is 2. The molecule has 0 aromatic heterocycles. The van der Waals surface area contributed by atoms with Crippen LogP contribution in [0.1, 0.15) is 18.4 Å². The first-order valence-electron chi connectivity index (χ1n) is 6.69. The Labute approximate surface area is 118 Å². The molecule has 1 aliphatic rings. The Kier molecular flexibility index (Phi) is 5.58. The van der Waals surface area contributed by atoms with E-state index in [-0.39, 0.29) is 12.4 Å². The average Bonchev–Trinajstić information content (AvgIpc) is 2.87. The molecule has 0 amide bonds. The lowest BCUT2D eigenvalue weighted by molar-refractivity contribution is 0.177. The molecule has 5 heteroatoms. The summed E-state index contributed by atoms with van der Waals surface area (Å²) in [6, 6.07) is 5.04. The Bertz CT molecular complexity index is 410. The van der Waals surface area contributed by atoms with Gasteiger partial charge in [-0.05, 0) is 37.6 Å². The smallest absolute Gasteiger partial charge is 0.127 e. The second-order valence-electron chi connectivity index (χ2n) is 4.99. The van der Waals surface area contributed by atoms with Gasteiger partial charge in [-0.25, -0.2) is 4.39 Å². The highest BCUT2D eigenvalue weighted by atomic mass is 35.5. The van der Waals surface area contributed by atoms with E-state index in [1.807, 2.05) is 0 Å². The maximum absolute atomic E-state index is 13.7. The summed E-state index contributed by atoms with van der Waals surface area (Å²) in [5, 5.41) is 13.1. The quantitative estimate of drug-likeness (QED) is 0.840. The molecular formula is C14H20ClFN2O. The zero-order valence-electron chi connectivity index (χ0n) is 10.9. The lowest BCUT2D eigenvalue weighted by Crippen LogP contribution is -2.38. The van der Waals surface area contributed by atoms with Gasteiger partial charge in [0.1, 0.15) is 5.82 Å². The summed E-state index contributed by atoms with van der Waals surface area (Å²) in [6.07, 6.45) is 2.32. The number of aliphatic hydroxyl groups is 1. The van der Waals surface area contributed by atoms with Crippen LogP contribution in [-0.4, -0.2) is 42.3 Å². The summed E-state index contributed by atoms with van der Waals surface area (Å²) in [7, 11) is 0. The van der Waals surface area contributed by atoms with Gasteiger partial charge in [-0.2, -0.15) is 0 Å². The zero-order chi connectivity index (χ0) is 13.7. The molecule has 2 N–H and O–H groups in total. The van der Waals surface area contributed by atoms with E-state index < -0.39 is 0 Å². The molecule has 0 bridgehead atoms.